The normalized spacial score (nSPS) is 16.2. The molecular formula is C14H24N4. The lowest BCUT2D eigenvalue weighted by Crippen LogP contribution is -2.32. The Morgan fingerprint density at radius 1 is 1.33 bits per heavy atom. The molecule has 2 N–H and O–H groups in total. The molecule has 0 saturated carbocycles. The molecule has 0 bridgehead atoms. The van der Waals surface area contributed by atoms with E-state index in [1.165, 1.54) is 25.9 Å². The molecule has 4 heteroatoms. The number of likely N-dealkylation sites (N-methyl/N-ethyl adjacent to an activating group) is 1. The van der Waals surface area contributed by atoms with Crippen molar-refractivity contribution in [2.24, 2.45) is 5.73 Å². The number of rotatable bonds is 5. The molecule has 0 amide bonds. The first kappa shape index (κ1) is 13.3. The summed E-state index contributed by atoms with van der Waals surface area (Å²) in [4.78, 5) is 9.37. The minimum atomic E-state index is 0.552. The topological polar surface area (TPSA) is 45.4 Å². The Bertz CT molecular complexity index is 385. The average Bonchev–Trinajstić information content (AvgIpc) is 2.89. The summed E-state index contributed by atoms with van der Waals surface area (Å²) in [6.45, 7) is 7.21. The molecule has 0 unspecified atom stereocenters. The smallest absolute Gasteiger partial charge is 0.133 e. The van der Waals surface area contributed by atoms with Crippen molar-refractivity contribution in [2.45, 2.75) is 26.3 Å². The van der Waals surface area contributed by atoms with Gasteiger partial charge in [-0.3, -0.25) is 0 Å². The highest BCUT2D eigenvalue weighted by Crippen LogP contribution is 2.17. The fourth-order valence-electron chi connectivity index (χ4n) is 2.47. The lowest BCUT2D eigenvalue weighted by molar-refractivity contribution is 0.346. The van der Waals surface area contributed by atoms with Crippen LogP contribution in [-0.4, -0.2) is 43.1 Å². The Morgan fingerprint density at radius 3 is 2.72 bits per heavy atom. The molecule has 1 aromatic rings. The van der Waals surface area contributed by atoms with Crippen LogP contribution in [0.3, 0.4) is 0 Å². The van der Waals surface area contributed by atoms with E-state index >= 15 is 0 Å². The molecule has 1 saturated heterocycles. The van der Waals surface area contributed by atoms with E-state index in [0.717, 1.165) is 30.2 Å². The van der Waals surface area contributed by atoms with Crippen LogP contribution < -0.4 is 10.6 Å². The first-order valence-corrected chi connectivity index (χ1v) is 6.81. The fraction of sp³-hybridized carbons (Fsp3) is 0.643. The van der Waals surface area contributed by atoms with Gasteiger partial charge >= 0.3 is 0 Å². The third kappa shape index (κ3) is 3.21. The second kappa shape index (κ2) is 6.16. The van der Waals surface area contributed by atoms with E-state index in [9.17, 15) is 0 Å². The summed E-state index contributed by atoms with van der Waals surface area (Å²) in [7, 11) is 2.11. The van der Waals surface area contributed by atoms with Gasteiger partial charge in [-0.1, -0.05) is 6.07 Å². The molecule has 2 heterocycles. The highest BCUT2D eigenvalue weighted by molar-refractivity contribution is 5.47. The predicted molar refractivity (Wildman–Crippen MR) is 75.8 cm³/mol. The zero-order valence-corrected chi connectivity index (χ0v) is 11.5. The second-order valence-electron chi connectivity index (χ2n) is 5.11. The number of nitrogens with two attached hydrogens (primary N) is 1. The maximum Gasteiger partial charge on any atom is 0.133 e. The van der Waals surface area contributed by atoms with Crippen molar-refractivity contribution in [3.8, 4) is 0 Å². The molecule has 0 aromatic carbocycles. The van der Waals surface area contributed by atoms with Crippen LogP contribution in [0.4, 0.5) is 5.82 Å². The lowest BCUT2D eigenvalue weighted by atomic mass is 10.2. The molecule has 18 heavy (non-hydrogen) atoms. The molecule has 0 atom stereocenters. The summed E-state index contributed by atoms with van der Waals surface area (Å²) in [6, 6.07) is 4.12. The monoisotopic (exact) mass is 248 g/mol. The van der Waals surface area contributed by atoms with Crippen molar-refractivity contribution >= 4 is 5.82 Å². The number of likely N-dealkylation sites (tertiary alicyclic amines) is 1. The van der Waals surface area contributed by atoms with Crippen LogP contribution in [0.25, 0.3) is 0 Å². The summed E-state index contributed by atoms with van der Waals surface area (Å²) < 4.78 is 0. The number of hydrogen-bond acceptors (Lipinski definition) is 4. The van der Waals surface area contributed by atoms with Gasteiger partial charge in [-0.05, 0) is 38.9 Å². The van der Waals surface area contributed by atoms with Gasteiger partial charge < -0.3 is 15.5 Å². The standard InChI is InChI=1S/C14H24N4/c1-12-5-6-13(11-15)14(16-12)17(2)9-10-18-7-3-4-8-18/h5-6H,3-4,7-11,15H2,1-2H3. The van der Waals surface area contributed by atoms with Crippen LogP contribution in [0.1, 0.15) is 24.1 Å². The molecule has 0 aliphatic carbocycles. The SMILES string of the molecule is Cc1ccc(CN)c(N(C)CCN2CCCC2)n1. The number of aromatic nitrogens is 1. The zero-order valence-electron chi connectivity index (χ0n) is 11.5. The van der Waals surface area contributed by atoms with E-state index in [2.05, 4.69) is 27.9 Å². The van der Waals surface area contributed by atoms with Gasteiger partial charge in [0.25, 0.3) is 0 Å². The molecule has 2 rings (SSSR count). The number of pyridine rings is 1. The number of anilines is 1. The van der Waals surface area contributed by atoms with Gasteiger partial charge in [0.2, 0.25) is 0 Å². The van der Waals surface area contributed by atoms with E-state index in [4.69, 9.17) is 5.73 Å². The molecule has 1 aromatic heterocycles. The van der Waals surface area contributed by atoms with Gasteiger partial charge in [0.1, 0.15) is 5.82 Å². The Kier molecular flexibility index (Phi) is 4.55. The van der Waals surface area contributed by atoms with E-state index in [1.807, 2.05) is 13.0 Å². The van der Waals surface area contributed by atoms with Gasteiger partial charge in [-0.15, -0.1) is 0 Å². The number of hydrogen-bond donors (Lipinski definition) is 1. The first-order chi connectivity index (χ1) is 8.70. The molecule has 4 nitrogen and oxygen atoms in total. The molecule has 0 spiro atoms. The number of nitrogens with zero attached hydrogens (tertiary/aromatic N) is 3. The summed E-state index contributed by atoms with van der Waals surface area (Å²) >= 11 is 0. The van der Waals surface area contributed by atoms with Crippen molar-refractivity contribution in [1.29, 1.82) is 0 Å². The second-order valence-corrected chi connectivity index (χ2v) is 5.11. The highest BCUT2D eigenvalue weighted by atomic mass is 15.2. The minimum absolute atomic E-state index is 0.552. The van der Waals surface area contributed by atoms with E-state index in [1.54, 1.807) is 0 Å². The van der Waals surface area contributed by atoms with Crippen molar-refractivity contribution < 1.29 is 0 Å². The van der Waals surface area contributed by atoms with Crippen LogP contribution in [0.5, 0.6) is 0 Å². The van der Waals surface area contributed by atoms with Crippen molar-refractivity contribution in [3.63, 3.8) is 0 Å². The summed E-state index contributed by atoms with van der Waals surface area (Å²) in [5.74, 6) is 1.04. The summed E-state index contributed by atoms with van der Waals surface area (Å²) in [5, 5.41) is 0. The Balaban J connectivity index is 1.98. The summed E-state index contributed by atoms with van der Waals surface area (Å²) in [6.07, 6.45) is 2.70. The van der Waals surface area contributed by atoms with Crippen LogP contribution in [0.15, 0.2) is 12.1 Å². The van der Waals surface area contributed by atoms with Gasteiger partial charge in [0, 0.05) is 37.9 Å². The van der Waals surface area contributed by atoms with Crippen LogP contribution in [-0.2, 0) is 6.54 Å². The van der Waals surface area contributed by atoms with Crippen molar-refractivity contribution in [3.05, 3.63) is 23.4 Å². The predicted octanol–water partition coefficient (Wildman–Crippen LogP) is 1.38. The third-order valence-electron chi connectivity index (χ3n) is 3.63. The first-order valence-electron chi connectivity index (χ1n) is 6.81. The number of aryl methyl sites for hydroxylation is 1. The molecule has 1 aliphatic rings. The van der Waals surface area contributed by atoms with Crippen LogP contribution >= 0.6 is 0 Å². The molecule has 1 fully saturated rings. The molecule has 1 aliphatic heterocycles. The summed E-state index contributed by atoms with van der Waals surface area (Å²) in [5.41, 5.74) is 7.96. The van der Waals surface area contributed by atoms with Crippen molar-refractivity contribution in [2.75, 3.05) is 38.1 Å². The van der Waals surface area contributed by atoms with E-state index in [-0.39, 0.29) is 0 Å². The molecule has 0 radical (unpaired) electrons. The largest absolute Gasteiger partial charge is 0.358 e. The Labute approximate surface area is 110 Å². The van der Waals surface area contributed by atoms with Crippen LogP contribution in [0, 0.1) is 6.92 Å². The highest BCUT2D eigenvalue weighted by Gasteiger charge is 2.13. The third-order valence-corrected chi connectivity index (χ3v) is 3.63. The fourth-order valence-corrected chi connectivity index (χ4v) is 2.47. The maximum absolute atomic E-state index is 5.78. The Morgan fingerprint density at radius 2 is 2.06 bits per heavy atom. The van der Waals surface area contributed by atoms with Crippen LogP contribution in [0.2, 0.25) is 0 Å². The van der Waals surface area contributed by atoms with Gasteiger partial charge in [0.05, 0.1) is 0 Å². The van der Waals surface area contributed by atoms with Gasteiger partial charge in [-0.2, -0.15) is 0 Å². The van der Waals surface area contributed by atoms with Gasteiger partial charge in [0.15, 0.2) is 0 Å². The lowest BCUT2D eigenvalue weighted by Gasteiger charge is -2.24. The Hall–Kier alpha value is -1.13. The van der Waals surface area contributed by atoms with Gasteiger partial charge in [-0.25, -0.2) is 4.98 Å². The van der Waals surface area contributed by atoms with E-state index in [0.29, 0.717) is 6.54 Å². The minimum Gasteiger partial charge on any atom is -0.358 e. The molecule has 100 valence electrons. The quantitative estimate of drug-likeness (QED) is 0.855. The molecular weight excluding hydrogens is 224 g/mol. The maximum atomic E-state index is 5.78. The average molecular weight is 248 g/mol. The van der Waals surface area contributed by atoms with E-state index < -0.39 is 0 Å². The zero-order chi connectivity index (χ0) is 13.0. The van der Waals surface area contributed by atoms with Crippen molar-refractivity contribution in [1.82, 2.24) is 9.88 Å².